The quantitative estimate of drug-likeness (QED) is 0.494. The number of sulfonamides is 1. The summed E-state index contributed by atoms with van der Waals surface area (Å²) < 4.78 is 38.7. The number of hydrogen-bond acceptors (Lipinski definition) is 5. The second-order valence-corrected chi connectivity index (χ2v) is 8.04. The second-order valence-electron chi connectivity index (χ2n) is 6.10. The standard InChI is InChI=1S/C19H22FN3O5S/c1-13-7-8-15(12-17(13)20)19(25)22-10-9-21-18(24)14-5-4-6-16(11-14)29(26,27)23(2)28-3/h4-8,11-12H,9-10H2,1-3H3,(H,21,24)(H,22,25). The average Bonchev–Trinajstić information content (AvgIpc) is 2.72. The first kappa shape index (κ1) is 22.5. The summed E-state index contributed by atoms with van der Waals surface area (Å²) in [6.45, 7) is 1.82. The number of halogens is 1. The van der Waals surface area contributed by atoms with Crippen molar-refractivity contribution < 1.29 is 27.2 Å². The van der Waals surface area contributed by atoms with Crippen LogP contribution in [0.5, 0.6) is 0 Å². The van der Waals surface area contributed by atoms with Crippen molar-refractivity contribution in [1.82, 2.24) is 15.1 Å². The van der Waals surface area contributed by atoms with Crippen LogP contribution in [0.1, 0.15) is 26.3 Å². The van der Waals surface area contributed by atoms with Crippen LogP contribution in [-0.4, -0.2) is 51.9 Å². The molecule has 0 fully saturated rings. The Hall–Kier alpha value is -2.82. The molecule has 0 aliphatic carbocycles. The van der Waals surface area contributed by atoms with Gasteiger partial charge in [-0.05, 0) is 42.8 Å². The number of benzene rings is 2. The normalized spacial score (nSPS) is 11.3. The highest BCUT2D eigenvalue weighted by atomic mass is 32.2. The lowest BCUT2D eigenvalue weighted by Gasteiger charge is -2.14. The van der Waals surface area contributed by atoms with Crippen molar-refractivity contribution in [2.75, 3.05) is 27.2 Å². The molecule has 0 saturated heterocycles. The number of carbonyl (C=O) groups is 2. The van der Waals surface area contributed by atoms with E-state index in [-0.39, 0.29) is 29.1 Å². The number of hydrogen-bond donors (Lipinski definition) is 2. The molecule has 2 aromatic carbocycles. The summed E-state index contributed by atoms with van der Waals surface area (Å²) >= 11 is 0. The lowest BCUT2D eigenvalue weighted by molar-refractivity contribution is -0.0258. The van der Waals surface area contributed by atoms with Gasteiger partial charge in [-0.1, -0.05) is 16.6 Å². The van der Waals surface area contributed by atoms with Crippen LogP contribution in [0.15, 0.2) is 47.4 Å². The molecule has 8 nitrogen and oxygen atoms in total. The summed E-state index contributed by atoms with van der Waals surface area (Å²) in [5.41, 5.74) is 0.761. The van der Waals surface area contributed by atoms with Crippen molar-refractivity contribution in [2.24, 2.45) is 0 Å². The predicted molar refractivity (Wildman–Crippen MR) is 104 cm³/mol. The largest absolute Gasteiger partial charge is 0.350 e. The number of nitrogens with one attached hydrogen (secondary N) is 2. The second kappa shape index (κ2) is 9.59. The van der Waals surface area contributed by atoms with Gasteiger partial charge in [-0.25, -0.2) is 12.8 Å². The lowest BCUT2D eigenvalue weighted by Crippen LogP contribution is -2.34. The lowest BCUT2D eigenvalue weighted by atomic mass is 10.1. The van der Waals surface area contributed by atoms with Crippen molar-refractivity contribution in [3.05, 3.63) is 65.0 Å². The molecule has 0 aliphatic rings. The van der Waals surface area contributed by atoms with E-state index in [1.807, 2.05) is 0 Å². The maximum Gasteiger partial charge on any atom is 0.264 e. The molecule has 2 amide bonds. The van der Waals surface area contributed by atoms with Crippen molar-refractivity contribution in [2.45, 2.75) is 11.8 Å². The van der Waals surface area contributed by atoms with Gasteiger partial charge in [0.05, 0.1) is 12.0 Å². The van der Waals surface area contributed by atoms with Gasteiger partial charge in [0.25, 0.3) is 21.8 Å². The van der Waals surface area contributed by atoms with E-state index in [2.05, 4.69) is 10.6 Å². The van der Waals surface area contributed by atoms with Gasteiger partial charge in [0.1, 0.15) is 5.82 Å². The molecule has 0 aromatic heterocycles. The number of aryl methyl sites for hydroxylation is 1. The molecule has 0 saturated carbocycles. The van der Waals surface area contributed by atoms with Crippen molar-refractivity contribution in [3.8, 4) is 0 Å². The molecular formula is C19H22FN3O5S. The predicted octanol–water partition coefficient (Wildman–Crippen LogP) is 1.48. The monoisotopic (exact) mass is 423 g/mol. The van der Waals surface area contributed by atoms with E-state index in [1.165, 1.54) is 50.6 Å². The molecule has 0 radical (unpaired) electrons. The minimum absolute atomic E-state index is 0.0933. The van der Waals surface area contributed by atoms with Crippen molar-refractivity contribution in [1.29, 1.82) is 0 Å². The first-order valence-corrected chi connectivity index (χ1v) is 10.1. The summed E-state index contributed by atoms with van der Waals surface area (Å²) in [6.07, 6.45) is 0. The van der Waals surface area contributed by atoms with Crippen LogP contribution in [0.2, 0.25) is 0 Å². The Kier molecular flexibility index (Phi) is 7.43. The van der Waals surface area contributed by atoms with Crippen LogP contribution < -0.4 is 10.6 Å². The minimum atomic E-state index is -3.88. The summed E-state index contributed by atoms with van der Waals surface area (Å²) in [5.74, 6) is -1.44. The van der Waals surface area contributed by atoms with E-state index < -0.39 is 27.7 Å². The molecular weight excluding hydrogens is 401 g/mol. The van der Waals surface area contributed by atoms with Gasteiger partial charge in [0, 0.05) is 31.3 Å². The summed E-state index contributed by atoms with van der Waals surface area (Å²) in [4.78, 5) is 28.9. The Morgan fingerprint density at radius 2 is 1.62 bits per heavy atom. The van der Waals surface area contributed by atoms with E-state index in [0.29, 0.717) is 10.0 Å². The highest BCUT2D eigenvalue weighted by Crippen LogP contribution is 2.16. The first-order valence-electron chi connectivity index (χ1n) is 8.62. The van der Waals surface area contributed by atoms with Crippen LogP contribution in [0, 0.1) is 12.7 Å². The molecule has 0 aliphatic heterocycles. The number of hydroxylamine groups is 1. The van der Waals surface area contributed by atoms with E-state index in [9.17, 15) is 22.4 Å². The maximum atomic E-state index is 13.5. The molecule has 0 bridgehead atoms. The molecule has 2 aromatic rings. The maximum absolute atomic E-state index is 13.5. The Morgan fingerprint density at radius 1 is 1.03 bits per heavy atom. The van der Waals surface area contributed by atoms with Crippen molar-refractivity contribution in [3.63, 3.8) is 0 Å². The van der Waals surface area contributed by atoms with Crippen LogP contribution in [0.3, 0.4) is 0 Å². The third-order valence-corrected chi connectivity index (χ3v) is 5.80. The van der Waals surface area contributed by atoms with Crippen LogP contribution >= 0.6 is 0 Å². The van der Waals surface area contributed by atoms with E-state index in [1.54, 1.807) is 6.92 Å². The molecule has 0 spiro atoms. The third-order valence-electron chi connectivity index (χ3n) is 4.12. The van der Waals surface area contributed by atoms with E-state index in [4.69, 9.17) is 4.84 Å². The van der Waals surface area contributed by atoms with Gasteiger partial charge in [0.15, 0.2) is 0 Å². The number of rotatable bonds is 8. The number of nitrogens with zero attached hydrogens (tertiary/aromatic N) is 1. The fourth-order valence-corrected chi connectivity index (χ4v) is 3.35. The average molecular weight is 423 g/mol. The molecule has 0 unspecified atom stereocenters. The van der Waals surface area contributed by atoms with Crippen molar-refractivity contribution >= 4 is 21.8 Å². The Balaban J connectivity index is 1.92. The van der Waals surface area contributed by atoms with Gasteiger partial charge >= 0.3 is 0 Å². The Labute approximate surface area is 168 Å². The summed E-state index contributed by atoms with van der Waals surface area (Å²) in [6, 6.07) is 9.65. The number of amides is 2. The van der Waals surface area contributed by atoms with Gasteiger partial charge in [-0.3, -0.25) is 14.4 Å². The molecule has 10 heteroatoms. The SMILES string of the molecule is CON(C)S(=O)(=O)c1cccc(C(=O)NCCNC(=O)c2ccc(C)c(F)c2)c1. The third kappa shape index (κ3) is 5.59. The Morgan fingerprint density at radius 3 is 2.17 bits per heavy atom. The van der Waals surface area contributed by atoms with Crippen LogP contribution in [-0.2, 0) is 14.9 Å². The fourth-order valence-electron chi connectivity index (χ4n) is 2.33. The first-order chi connectivity index (χ1) is 13.7. The zero-order valence-corrected chi connectivity index (χ0v) is 17.0. The molecule has 29 heavy (non-hydrogen) atoms. The smallest absolute Gasteiger partial charge is 0.264 e. The topological polar surface area (TPSA) is 105 Å². The highest BCUT2D eigenvalue weighted by molar-refractivity contribution is 7.89. The van der Waals surface area contributed by atoms with E-state index in [0.717, 1.165) is 6.07 Å². The summed E-state index contributed by atoms with van der Waals surface area (Å²) in [5, 5.41) is 5.15. The highest BCUT2D eigenvalue weighted by Gasteiger charge is 2.21. The zero-order chi connectivity index (χ0) is 21.6. The van der Waals surface area contributed by atoms with Crippen LogP contribution in [0.25, 0.3) is 0 Å². The van der Waals surface area contributed by atoms with Gasteiger partial charge in [-0.15, -0.1) is 0 Å². The molecule has 2 N–H and O–H groups in total. The van der Waals surface area contributed by atoms with Crippen LogP contribution in [0.4, 0.5) is 4.39 Å². The number of carbonyl (C=O) groups excluding carboxylic acids is 2. The fraction of sp³-hybridized carbons (Fsp3) is 0.263. The molecule has 0 heterocycles. The summed E-state index contributed by atoms with van der Waals surface area (Å²) in [7, 11) is -1.42. The van der Waals surface area contributed by atoms with Gasteiger partial charge in [-0.2, -0.15) is 0 Å². The zero-order valence-electron chi connectivity index (χ0n) is 16.2. The van der Waals surface area contributed by atoms with Gasteiger partial charge in [0.2, 0.25) is 0 Å². The van der Waals surface area contributed by atoms with E-state index >= 15 is 0 Å². The Bertz CT molecular complexity index is 1010. The van der Waals surface area contributed by atoms with Gasteiger partial charge < -0.3 is 10.6 Å². The minimum Gasteiger partial charge on any atom is -0.350 e. The molecule has 0 atom stereocenters. The molecule has 2 rings (SSSR count). The molecule has 156 valence electrons.